The quantitative estimate of drug-likeness (QED) is 0.370. The van der Waals surface area contributed by atoms with Gasteiger partial charge in [0, 0.05) is 34.1 Å². The van der Waals surface area contributed by atoms with Gasteiger partial charge in [0.1, 0.15) is 0 Å². The smallest absolute Gasteiger partial charge is 0.259 e. The normalized spacial score (nSPS) is 11.9. The van der Waals surface area contributed by atoms with Crippen LogP contribution in [0.5, 0.6) is 0 Å². The Labute approximate surface area is 188 Å². The van der Waals surface area contributed by atoms with E-state index < -0.39 is 15.9 Å². The van der Waals surface area contributed by atoms with E-state index in [4.69, 9.17) is 11.6 Å². The molecule has 7 nitrogen and oxygen atoms in total. The summed E-state index contributed by atoms with van der Waals surface area (Å²) in [5.74, 6) is -0.536. The first-order valence-corrected chi connectivity index (χ1v) is 12.1. The van der Waals surface area contributed by atoms with Gasteiger partial charge in [0.05, 0.1) is 21.2 Å². The number of aromatic amines is 1. The number of para-hydroxylation sites is 1. The molecule has 31 heavy (non-hydrogen) atoms. The van der Waals surface area contributed by atoms with Crippen molar-refractivity contribution < 1.29 is 13.2 Å². The third kappa shape index (κ3) is 4.49. The predicted molar refractivity (Wildman–Crippen MR) is 124 cm³/mol. The Kier molecular flexibility index (Phi) is 5.85. The maximum Gasteiger partial charge on any atom is 0.259 e. The highest BCUT2D eigenvalue weighted by molar-refractivity contribution is 7.89. The molecule has 10 heteroatoms. The number of carbonyl (C=O) groups is 1. The SMILES string of the molecule is CC(C)NS(=O)(=O)c1ccc(Cl)c(C(=O)Nc2nc(-c3c[nH]c4ccccc34)cs2)c1. The summed E-state index contributed by atoms with van der Waals surface area (Å²) in [5.41, 5.74) is 2.70. The number of hydrogen-bond donors (Lipinski definition) is 3. The Bertz CT molecular complexity index is 1380. The van der Waals surface area contributed by atoms with Gasteiger partial charge in [-0.15, -0.1) is 11.3 Å². The molecule has 3 N–H and O–H groups in total. The van der Waals surface area contributed by atoms with Crippen LogP contribution in [0.3, 0.4) is 0 Å². The number of thiazole rings is 1. The van der Waals surface area contributed by atoms with Crippen molar-refractivity contribution in [2.24, 2.45) is 0 Å². The number of sulfonamides is 1. The number of halogens is 1. The molecule has 0 radical (unpaired) electrons. The fourth-order valence-electron chi connectivity index (χ4n) is 3.13. The molecule has 0 aliphatic rings. The Morgan fingerprint density at radius 3 is 2.74 bits per heavy atom. The molecule has 0 aliphatic heterocycles. The highest BCUT2D eigenvalue weighted by Crippen LogP contribution is 2.31. The van der Waals surface area contributed by atoms with Crippen LogP contribution < -0.4 is 10.0 Å². The van der Waals surface area contributed by atoms with Gasteiger partial charge in [0.2, 0.25) is 10.0 Å². The third-order valence-corrected chi connectivity index (χ3v) is 7.22. The molecule has 0 atom stereocenters. The number of H-pyrrole nitrogens is 1. The van der Waals surface area contributed by atoms with Crippen LogP contribution in [0, 0.1) is 0 Å². The molecule has 0 unspecified atom stereocenters. The summed E-state index contributed by atoms with van der Waals surface area (Å²) < 4.78 is 27.3. The van der Waals surface area contributed by atoms with Gasteiger partial charge >= 0.3 is 0 Å². The van der Waals surface area contributed by atoms with E-state index in [9.17, 15) is 13.2 Å². The number of nitrogens with one attached hydrogen (secondary N) is 3. The number of benzene rings is 2. The molecule has 2 aromatic heterocycles. The zero-order valence-electron chi connectivity index (χ0n) is 16.6. The van der Waals surface area contributed by atoms with Crippen molar-refractivity contribution >= 4 is 54.9 Å². The monoisotopic (exact) mass is 474 g/mol. The molecule has 1 amide bonds. The first-order valence-electron chi connectivity index (χ1n) is 9.40. The van der Waals surface area contributed by atoms with Crippen LogP contribution in [0.1, 0.15) is 24.2 Å². The van der Waals surface area contributed by atoms with Gasteiger partial charge in [0.15, 0.2) is 5.13 Å². The fraction of sp³-hybridized carbons (Fsp3) is 0.143. The minimum absolute atomic E-state index is 0.0330. The van der Waals surface area contributed by atoms with E-state index in [-0.39, 0.29) is 21.5 Å². The first-order chi connectivity index (χ1) is 14.7. The lowest BCUT2D eigenvalue weighted by atomic mass is 10.1. The molecule has 0 fully saturated rings. The molecule has 0 saturated heterocycles. The predicted octanol–water partition coefficient (Wildman–Crippen LogP) is 4.88. The van der Waals surface area contributed by atoms with Crippen molar-refractivity contribution in [3.8, 4) is 11.3 Å². The second kappa shape index (κ2) is 8.43. The summed E-state index contributed by atoms with van der Waals surface area (Å²) in [6.07, 6.45) is 1.87. The van der Waals surface area contributed by atoms with Crippen LogP contribution >= 0.6 is 22.9 Å². The number of anilines is 1. The summed E-state index contributed by atoms with van der Waals surface area (Å²) >= 11 is 7.44. The third-order valence-electron chi connectivity index (χ3n) is 4.47. The Morgan fingerprint density at radius 2 is 1.97 bits per heavy atom. The minimum Gasteiger partial charge on any atom is -0.360 e. The van der Waals surface area contributed by atoms with Crippen molar-refractivity contribution in [1.29, 1.82) is 0 Å². The maximum absolute atomic E-state index is 12.8. The summed E-state index contributed by atoms with van der Waals surface area (Å²) in [6, 6.07) is 11.6. The number of amides is 1. The summed E-state index contributed by atoms with van der Waals surface area (Å²) in [6.45, 7) is 3.43. The van der Waals surface area contributed by atoms with Gasteiger partial charge in [-0.05, 0) is 38.1 Å². The van der Waals surface area contributed by atoms with E-state index in [1.165, 1.54) is 29.5 Å². The molecule has 2 heterocycles. The van der Waals surface area contributed by atoms with Gasteiger partial charge in [-0.3, -0.25) is 10.1 Å². The molecule has 0 bridgehead atoms. The summed E-state index contributed by atoms with van der Waals surface area (Å²) in [4.78, 5) is 20.5. The van der Waals surface area contributed by atoms with Gasteiger partial charge in [0.25, 0.3) is 5.91 Å². The van der Waals surface area contributed by atoms with Crippen molar-refractivity contribution in [3.63, 3.8) is 0 Å². The molecule has 160 valence electrons. The molecule has 2 aromatic carbocycles. The Balaban J connectivity index is 1.59. The van der Waals surface area contributed by atoms with Gasteiger partial charge in [-0.2, -0.15) is 0 Å². The maximum atomic E-state index is 12.8. The molecule has 0 saturated carbocycles. The molecule has 0 spiro atoms. The lowest BCUT2D eigenvalue weighted by molar-refractivity contribution is 0.102. The number of fused-ring (bicyclic) bond motifs is 1. The second-order valence-corrected chi connectivity index (χ2v) is 10.1. The largest absolute Gasteiger partial charge is 0.360 e. The average Bonchev–Trinajstić information content (AvgIpc) is 3.33. The lowest BCUT2D eigenvalue weighted by Gasteiger charge is -2.11. The molecular formula is C21H19ClN4O3S2. The van der Waals surface area contributed by atoms with Crippen LogP contribution in [0.25, 0.3) is 22.2 Å². The number of hydrogen-bond acceptors (Lipinski definition) is 5. The number of aromatic nitrogens is 2. The van der Waals surface area contributed by atoms with Crippen LogP contribution in [0.4, 0.5) is 5.13 Å². The van der Waals surface area contributed by atoms with Gasteiger partial charge < -0.3 is 4.98 Å². The van der Waals surface area contributed by atoms with Crippen molar-refractivity contribution in [1.82, 2.24) is 14.7 Å². The second-order valence-electron chi connectivity index (χ2n) is 7.16. The van der Waals surface area contributed by atoms with Gasteiger partial charge in [-0.25, -0.2) is 18.1 Å². The zero-order valence-corrected chi connectivity index (χ0v) is 19.0. The van der Waals surface area contributed by atoms with Crippen LogP contribution in [-0.2, 0) is 10.0 Å². The highest BCUT2D eigenvalue weighted by Gasteiger charge is 2.20. The molecule has 0 aliphatic carbocycles. The fourth-order valence-corrected chi connectivity index (χ4v) is 5.31. The molecule has 4 aromatic rings. The Morgan fingerprint density at radius 1 is 1.19 bits per heavy atom. The number of carbonyl (C=O) groups excluding carboxylic acids is 1. The van der Waals surface area contributed by atoms with Crippen molar-refractivity contribution in [2.45, 2.75) is 24.8 Å². The lowest BCUT2D eigenvalue weighted by Crippen LogP contribution is -2.30. The minimum atomic E-state index is -3.76. The number of rotatable bonds is 6. The van der Waals surface area contributed by atoms with E-state index in [0.29, 0.717) is 5.13 Å². The van der Waals surface area contributed by atoms with E-state index in [2.05, 4.69) is 20.0 Å². The van der Waals surface area contributed by atoms with Gasteiger partial charge in [-0.1, -0.05) is 29.8 Å². The summed E-state index contributed by atoms with van der Waals surface area (Å²) in [7, 11) is -3.76. The highest BCUT2D eigenvalue weighted by atomic mass is 35.5. The summed E-state index contributed by atoms with van der Waals surface area (Å²) in [5, 5.41) is 6.12. The van der Waals surface area contributed by atoms with E-state index >= 15 is 0 Å². The number of nitrogens with zero attached hydrogens (tertiary/aromatic N) is 1. The van der Waals surface area contributed by atoms with E-state index in [1.807, 2.05) is 35.8 Å². The first kappa shape index (κ1) is 21.5. The van der Waals surface area contributed by atoms with Crippen LogP contribution in [0.15, 0.2) is 58.9 Å². The topological polar surface area (TPSA) is 104 Å². The van der Waals surface area contributed by atoms with Crippen LogP contribution in [-0.4, -0.2) is 30.3 Å². The van der Waals surface area contributed by atoms with E-state index in [0.717, 1.165) is 22.2 Å². The average molecular weight is 475 g/mol. The zero-order chi connectivity index (χ0) is 22.2. The standard InChI is InChI=1S/C21H19ClN4O3S2/c1-12(2)26-31(28,29)13-7-8-17(22)15(9-13)20(27)25-21-24-19(11-30-21)16-10-23-18-6-4-3-5-14(16)18/h3-12,23,26H,1-2H3,(H,24,25,27). The van der Waals surface area contributed by atoms with Crippen LogP contribution in [0.2, 0.25) is 5.02 Å². The van der Waals surface area contributed by atoms with Crippen molar-refractivity contribution in [3.05, 3.63) is 64.6 Å². The Hall–Kier alpha value is -2.72. The molecule has 4 rings (SSSR count). The van der Waals surface area contributed by atoms with E-state index in [1.54, 1.807) is 13.8 Å². The molecular weight excluding hydrogens is 456 g/mol. The van der Waals surface area contributed by atoms with Crippen molar-refractivity contribution in [2.75, 3.05) is 5.32 Å².